The van der Waals surface area contributed by atoms with E-state index in [0.717, 1.165) is 39.2 Å². The van der Waals surface area contributed by atoms with E-state index < -0.39 is 0 Å². The van der Waals surface area contributed by atoms with Gasteiger partial charge in [-0.1, -0.05) is 54.2 Å². The summed E-state index contributed by atoms with van der Waals surface area (Å²) in [6.07, 6.45) is 0.589. The summed E-state index contributed by atoms with van der Waals surface area (Å²) in [7, 11) is 0. The molecule has 0 atom stereocenters. The highest BCUT2D eigenvalue weighted by atomic mass is 32.1. The van der Waals surface area contributed by atoms with E-state index in [2.05, 4.69) is 20.9 Å². The molecular weight excluding hydrogens is 408 g/mol. The highest BCUT2D eigenvalue weighted by Crippen LogP contribution is 2.28. The van der Waals surface area contributed by atoms with Gasteiger partial charge in [-0.25, -0.2) is 9.78 Å². The fourth-order valence-electron chi connectivity index (χ4n) is 3.62. The zero-order valence-electron chi connectivity index (χ0n) is 18.8. The topological polar surface area (TPSA) is 83.1 Å². The largest absolute Gasteiger partial charge is 0.325 e. The number of rotatable bonds is 5. The van der Waals surface area contributed by atoms with Crippen molar-refractivity contribution < 1.29 is 9.59 Å². The number of urea groups is 1. The lowest BCUT2D eigenvalue weighted by Crippen LogP contribution is -2.20. The summed E-state index contributed by atoms with van der Waals surface area (Å²) in [5, 5.41) is 9.06. The van der Waals surface area contributed by atoms with Gasteiger partial charge in [-0.2, -0.15) is 0 Å². The highest BCUT2D eigenvalue weighted by molar-refractivity contribution is 7.17. The molecule has 0 unspecified atom stereocenters. The van der Waals surface area contributed by atoms with E-state index in [0.29, 0.717) is 22.1 Å². The molecule has 7 heteroatoms. The minimum atomic E-state index is -0.383. The molecule has 0 aliphatic rings. The van der Waals surface area contributed by atoms with Gasteiger partial charge in [-0.3, -0.25) is 10.1 Å². The average molecular weight is 437 g/mol. The quantitative estimate of drug-likeness (QED) is 0.449. The summed E-state index contributed by atoms with van der Waals surface area (Å²) in [6, 6.07) is 9.54. The Kier molecular flexibility index (Phi) is 6.75. The maximum absolute atomic E-state index is 13.0. The van der Waals surface area contributed by atoms with Crippen molar-refractivity contribution in [3.63, 3.8) is 0 Å². The summed E-state index contributed by atoms with van der Waals surface area (Å²) >= 11 is 1.18. The zero-order chi connectivity index (χ0) is 22.7. The van der Waals surface area contributed by atoms with Crippen molar-refractivity contribution in [2.24, 2.45) is 0 Å². The molecule has 3 N–H and O–H groups in total. The number of thiazole rings is 1. The fraction of sp³-hybridized carbons (Fsp3) is 0.292. The van der Waals surface area contributed by atoms with Crippen LogP contribution in [0.15, 0.2) is 30.3 Å². The summed E-state index contributed by atoms with van der Waals surface area (Å²) in [5.41, 5.74) is 7.39. The molecule has 0 bridgehead atoms. The van der Waals surface area contributed by atoms with Crippen LogP contribution in [0.5, 0.6) is 0 Å². The monoisotopic (exact) mass is 436 g/mol. The van der Waals surface area contributed by atoms with Gasteiger partial charge in [0.2, 0.25) is 0 Å². The van der Waals surface area contributed by atoms with E-state index in [1.54, 1.807) is 0 Å². The number of anilines is 3. The Morgan fingerprint density at radius 3 is 2.03 bits per heavy atom. The molecule has 0 aliphatic heterocycles. The maximum atomic E-state index is 13.0. The van der Waals surface area contributed by atoms with Gasteiger partial charge in [0.1, 0.15) is 4.88 Å². The SMILES string of the molecule is CCc1nc(NC(=O)Nc2c(C)cccc2C)sc1C(=O)Nc1c(C)cc(C)cc1C. The lowest BCUT2D eigenvalue weighted by molar-refractivity contribution is 0.102. The number of hydrogen-bond acceptors (Lipinski definition) is 4. The molecule has 3 aromatic rings. The average Bonchev–Trinajstić information content (AvgIpc) is 3.10. The van der Waals surface area contributed by atoms with E-state index in [1.165, 1.54) is 11.3 Å². The molecule has 162 valence electrons. The third kappa shape index (κ3) is 5.11. The Bertz CT molecular complexity index is 1110. The van der Waals surface area contributed by atoms with Crippen LogP contribution in [0, 0.1) is 34.6 Å². The Morgan fingerprint density at radius 1 is 0.871 bits per heavy atom. The summed E-state index contributed by atoms with van der Waals surface area (Å²) in [6.45, 7) is 11.8. The number of para-hydroxylation sites is 1. The maximum Gasteiger partial charge on any atom is 0.325 e. The van der Waals surface area contributed by atoms with Crippen molar-refractivity contribution in [1.29, 1.82) is 0 Å². The van der Waals surface area contributed by atoms with Gasteiger partial charge in [-0.15, -0.1) is 0 Å². The molecular formula is C24H28N4O2S. The predicted molar refractivity (Wildman–Crippen MR) is 129 cm³/mol. The third-order valence-corrected chi connectivity index (χ3v) is 6.11. The first-order chi connectivity index (χ1) is 14.7. The number of carbonyl (C=O) groups excluding carboxylic acids is 2. The molecule has 0 saturated heterocycles. The van der Waals surface area contributed by atoms with Crippen LogP contribution in [0.4, 0.5) is 21.3 Å². The van der Waals surface area contributed by atoms with Crippen LogP contribution in [-0.4, -0.2) is 16.9 Å². The normalized spacial score (nSPS) is 10.6. The van der Waals surface area contributed by atoms with Gasteiger partial charge in [0.25, 0.3) is 5.91 Å². The summed E-state index contributed by atoms with van der Waals surface area (Å²) < 4.78 is 0. The van der Waals surface area contributed by atoms with Crippen LogP contribution in [-0.2, 0) is 6.42 Å². The van der Waals surface area contributed by atoms with Gasteiger partial charge in [-0.05, 0) is 63.3 Å². The molecule has 3 amide bonds. The molecule has 3 rings (SSSR count). The number of hydrogen-bond donors (Lipinski definition) is 3. The van der Waals surface area contributed by atoms with Crippen molar-refractivity contribution in [2.75, 3.05) is 16.0 Å². The van der Waals surface area contributed by atoms with Gasteiger partial charge < -0.3 is 10.6 Å². The van der Waals surface area contributed by atoms with E-state index in [1.807, 2.05) is 71.9 Å². The predicted octanol–water partition coefficient (Wildman–Crippen LogP) is 6.14. The van der Waals surface area contributed by atoms with Crippen LogP contribution in [0.1, 0.15) is 50.1 Å². The van der Waals surface area contributed by atoms with Crippen LogP contribution >= 0.6 is 11.3 Å². The number of amides is 3. The first kappa shape index (κ1) is 22.5. The van der Waals surface area contributed by atoms with Crippen LogP contribution in [0.2, 0.25) is 0 Å². The number of aromatic nitrogens is 1. The second kappa shape index (κ2) is 9.31. The van der Waals surface area contributed by atoms with Crippen molar-refractivity contribution in [2.45, 2.75) is 48.0 Å². The molecule has 1 heterocycles. The Hall–Kier alpha value is -3.19. The smallest absolute Gasteiger partial charge is 0.321 e. The standard InChI is InChI=1S/C24H28N4O2S/c1-7-18-21(22(29)26-20-16(5)11-13(2)12-17(20)6)31-24(25-18)28-23(30)27-19-14(3)9-8-10-15(19)4/h8-12H,7H2,1-6H3,(H,26,29)(H2,25,27,28,30). The number of nitrogens with zero attached hydrogens (tertiary/aromatic N) is 1. The van der Waals surface area contributed by atoms with Gasteiger partial charge >= 0.3 is 6.03 Å². The number of aryl methyl sites for hydroxylation is 6. The Labute approximate surface area is 187 Å². The zero-order valence-corrected chi connectivity index (χ0v) is 19.6. The lowest BCUT2D eigenvalue weighted by Gasteiger charge is -2.12. The molecule has 31 heavy (non-hydrogen) atoms. The van der Waals surface area contributed by atoms with Gasteiger partial charge in [0, 0.05) is 11.4 Å². The molecule has 0 saturated carbocycles. The minimum absolute atomic E-state index is 0.215. The second-order valence-corrected chi connectivity index (χ2v) is 8.72. The first-order valence-electron chi connectivity index (χ1n) is 10.2. The number of carbonyl (C=O) groups is 2. The molecule has 0 radical (unpaired) electrons. The lowest BCUT2D eigenvalue weighted by atomic mass is 10.1. The fourth-order valence-corrected chi connectivity index (χ4v) is 4.57. The third-order valence-electron chi connectivity index (χ3n) is 5.09. The second-order valence-electron chi connectivity index (χ2n) is 7.72. The number of benzene rings is 2. The van der Waals surface area contributed by atoms with Crippen molar-refractivity contribution in [3.8, 4) is 0 Å². The van der Waals surface area contributed by atoms with Crippen LogP contribution in [0.3, 0.4) is 0 Å². The van der Waals surface area contributed by atoms with Crippen LogP contribution < -0.4 is 16.0 Å². The van der Waals surface area contributed by atoms with Crippen molar-refractivity contribution >= 4 is 39.8 Å². The summed E-state index contributed by atoms with van der Waals surface area (Å²) in [4.78, 5) is 30.5. The molecule has 2 aromatic carbocycles. The molecule has 1 aromatic heterocycles. The summed E-state index contributed by atoms with van der Waals surface area (Å²) in [5.74, 6) is -0.215. The highest BCUT2D eigenvalue weighted by Gasteiger charge is 2.20. The Morgan fingerprint density at radius 2 is 1.45 bits per heavy atom. The van der Waals surface area contributed by atoms with E-state index in [-0.39, 0.29) is 11.9 Å². The van der Waals surface area contributed by atoms with E-state index >= 15 is 0 Å². The van der Waals surface area contributed by atoms with Crippen LogP contribution in [0.25, 0.3) is 0 Å². The molecule has 6 nitrogen and oxygen atoms in total. The Balaban J connectivity index is 1.78. The van der Waals surface area contributed by atoms with Gasteiger partial charge in [0.15, 0.2) is 5.13 Å². The number of nitrogens with one attached hydrogen (secondary N) is 3. The van der Waals surface area contributed by atoms with Crippen molar-refractivity contribution in [1.82, 2.24) is 4.98 Å². The van der Waals surface area contributed by atoms with E-state index in [4.69, 9.17) is 0 Å². The van der Waals surface area contributed by atoms with Gasteiger partial charge in [0.05, 0.1) is 5.69 Å². The molecule has 0 aliphatic carbocycles. The molecule has 0 spiro atoms. The first-order valence-corrected chi connectivity index (χ1v) is 11.0. The minimum Gasteiger partial charge on any atom is -0.321 e. The van der Waals surface area contributed by atoms with E-state index in [9.17, 15) is 9.59 Å². The molecule has 0 fully saturated rings. The van der Waals surface area contributed by atoms with Crippen molar-refractivity contribution in [3.05, 3.63) is 68.7 Å².